The van der Waals surface area contributed by atoms with Gasteiger partial charge in [-0.1, -0.05) is 12.1 Å². The molecule has 0 unspecified atom stereocenters. The Hall–Kier alpha value is -4.33. The average Bonchev–Trinajstić information content (AvgIpc) is 2.74. The summed E-state index contributed by atoms with van der Waals surface area (Å²) >= 11 is 0. The minimum atomic E-state index is -1.88. The first kappa shape index (κ1) is 19.0. The maximum absolute atomic E-state index is 12.5. The zero-order valence-electron chi connectivity index (χ0n) is 15.9. The fourth-order valence-corrected chi connectivity index (χ4v) is 3.14. The number of nitrogens with one attached hydrogen (secondary N) is 1. The number of aliphatic carboxylic acids is 1. The van der Waals surface area contributed by atoms with Gasteiger partial charge in [-0.3, -0.25) is 0 Å². The number of amidine groups is 2. The molecule has 0 fully saturated rings. The smallest absolute Gasteiger partial charge is 0.359 e. The molecule has 0 bridgehead atoms. The Kier molecular flexibility index (Phi) is 4.59. The standard InChI is InChI=1S/C22H20N6O2/c23-16-7-1-13(2-8-16)19-26-20(14-3-9-17(24)10-4-14)28-22(27-19,21(29)30)15-5-11-18(25)12-6-15/h1-12H,23-25H2,(H,29,30)(H,26,27,28). The molecule has 0 atom stereocenters. The summed E-state index contributed by atoms with van der Waals surface area (Å²) in [6.07, 6.45) is 0. The zero-order chi connectivity index (χ0) is 21.3. The van der Waals surface area contributed by atoms with Gasteiger partial charge in [-0.2, -0.15) is 0 Å². The fourth-order valence-electron chi connectivity index (χ4n) is 3.14. The minimum absolute atomic E-state index is 0.357. The highest BCUT2D eigenvalue weighted by atomic mass is 16.4. The van der Waals surface area contributed by atoms with Crippen LogP contribution in [0.2, 0.25) is 0 Å². The number of carboxylic acid groups (broad SMARTS) is 1. The average molecular weight is 400 g/mol. The first-order chi connectivity index (χ1) is 14.4. The molecule has 150 valence electrons. The van der Waals surface area contributed by atoms with Gasteiger partial charge >= 0.3 is 5.97 Å². The SMILES string of the molecule is Nc1ccc(C2=NC(C(=O)O)(c3ccc(N)cc3)N=C(c3ccc(N)cc3)N2)cc1. The normalized spacial score (nSPS) is 14.9. The number of rotatable bonds is 4. The van der Waals surface area contributed by atoms with Crippen molar-refractivity contribution in [2.75, 3.05) is 17.2 Å². The number of carbonyl (C=O) groups is 1. The molecule has 1 aliphatic heterocycles. The topological polar surface area (TPSA) is 152 Å². The van der Waals surface area contributed by atoms with Crippen molar-refractivity contribution < 1.29 is 9.90 Å². The third-order valence-electron chi connectivity index (χ3n) is 4.76. The second-order valence-electron chi connectivity index (χ2n) is 6.89. The van der Waals surface area contributed by atoms with Crippen LogP contribution in [0.25, 0.3) is 0 Å². The molecule has 0 aromatic heterocycles. The van der Waals surface area contributed by atoms with Crippen molar-refractivity contribution in [1.29, 1.82) is 0 Å². The largest absolute Gasteiger partial charge is 0.478 e. The van der Waals surface area contributed by atoms with Gasteiger partial charge in [-0.05, 0) is 60.7 Å². The van der Waals surface area contributed by atoms with E-state index in [0.717, 1.165) is 0 Å². The predicted octanol–water partition coefficient (Wildman–Crippen LogP) is 2.17. The molecule has 0 saturated carbocycles. The first-order valence-corrected chi connectivity index (χ1v) is 9.15. The van der Waals surface area contributed by atoms with E-state index in [0.29, 0.717) is 45.4 Å². The Morgan fingerprint density at radius 2 is 1.07 bits per heavy atom. The number of nitrogens with two attached hydrogens (primary N) is 3. The highest BCUT2D eigenvalue weighted by Gasteiger charge is 2.43. The zero-order valence-corrected chi connectivity index (χ0v) is 15.9. The van der Waals surface area contributed by atoms with E-state index in [9.17, 15) is 9.90 Å². The molecule has 0 spiro atoms. The number of hydrogen-bond acceptors (Lipinski definition) is 7. The van der Waals surface area contributed by atoms with Gasteiger partial charge in [0.2, 0.25) is 0 Å². The molecule has 8 nitrogen and oxygen atoms in total. The molecule has 8 heteroatoms. The van der Waals surface area contributed by atoms with Crippen molar-refractivity contribution in [3.63, 3.8) is 0 Å². The van der Waals surface area contributed by atoms with Gasteiger partial charge in [-0.15, -0.1) is 0 Å². The minimum Gasteiger partial charge on any atom is -0.478 e. The lowest BCUT2D eigenvalue weighted by atomic mass is 9.98. The van der Waals surface area contributed by atoms with E-state index in [-0.39, 0.29) is 0 Å². The van der Waals surface area contributed by atoms with Gasteiger partial charge in [0, 0.05) is 33.8 Å². The number of benzene rings is 3. The van der Waals surface area contributed by atoms with Crippen molar-refractivity contribution in [3.05, 3.63) is 89.5 Å². The quantitative estimate of drug-likeness (QED) is 0.423. The lowest BCUT2D eigenvalue weighted by molar-refractivity contribution is -0.143. The van der Waals surface area contributed by atoms with Crippen LogP contribution in [0.4, 0.5) is 17.1 Å². The summed E-state index contributed by atoms with van der Waals surface area (Å²) in [4.78, 5) is 21.5. The summed E-state index contributed by atoms with van der Waals surface area (Å²) in [5, 5.41) is 13.4. The second-order valence-corrected chi connectivity index (χ2v) is 6.89. The number of nitrogen functional groups attached to an aromatic ring is 3. The van der Waals surface area contributed by atoms with E-state index >= 15 is 0 Å². The fraction of sp³-hybridized carbons (Fsp3) is 0.0455. The van der Waals surface area contributed by atoms with Gasteiger partial charge in [0.15, 0.2) is 0 Å². The molecule has 4 rings (SSSR count). The van der Waals surface area contributed by atoms with Crippen LogP contribution in [0.5, 0.6) is 0 Å². The molecule has 0 amide bonds. The van der Waals surface area contributed by atoms with E-state index in [4.69, 9.17) is 17.2 Å². The summed E-state index contributed by atoms with van der Waals surface area (Å²) < 4.78 is 0. The Bertz CT molecular complexity index is 1090. The van der Waals surface area contributed by atoms with Crippen molar-refractivity contribution in [2.24, 2.45) is 9.98 Å². The molecule has 1 aliphatic rings. The highest BCUT2D eigenvalue weighted by Crippen LogP contribution is 2.32. The lowest BCUT2D eigenvalue weighted by Crippen LogP contribution is -2.45. The van der Waals surface area contributed by atoms with E-state index in [1.165, 1.54) is 0 Å². The Morgan fingerprint density at radius 3 is 1.43 bits per heavy atom. The van der Waals surface area contributed by atoms with Crippen molar-refractivity contribution in [2.45, 2.75) is 5.66 Å². The molecule has 0 saturated heterocycles. The molecule has 3 aromatic carbocycles. The van der Waals surface area contributed by atoms with Crippen molar-refractivity contribution >= 4 is 34.7 Å². The number of hydrogen-bond donors (Lipinski definition) is 5. The van der Waals surface area contributed by atoms with Crippen molar-refractivity contribution in [1.82, 2.24) is 5.32 Å². The highest BCUT2D eigenvalue weighted by molar-refractivity contribution is 6.17. The van der Waals surface area contributed by atoms with Gasteiger partial charge in [0.05, 0.1) is 0 Å². The van der Waals surface area contributed by atoms with Gasteiger partial charge in [-0.25, -0.2) is 14.8 Å². The van der Waals surface area contributed by atoms with Crippen LogP contribution in [0.3, 0.4) is 0 Å². The third-order valence-corrected chi connectivity index (χ3v) is 4.76. The lowest BCUT2D eigenvalue weighted by Gasteiger charge is -2.29. The predicted molar refractivity (Wildman–Crippen MR) is 118 cm³/mol. The molecule has 8 N–H and O–H groups in total. The Morgan fingerprint density at radius 1 is 0.700 bits per heavy atom. The monoisotopic (exact) mass is 400 g/mol. The first-order valence-electron chi connectivity index (χ1n) is 9.15. The molecule has 0 radical (unpaired) electrons. The van der Waals surface area contributed by atoms with E-state index in [1.54, 1.807) is 72.8 Å². The van der Waals surface area contributed by atoms with Crippen LogP contribution in [0, 0.1) is 0 Å². The van der Waals surface area contributed by atoms with Crippen molar-refractivity contribution in [3.8, 4) is 0 Å². The molecule has 1 heterocycles. The van der Waals surface area contributed by atoms with Crippen LogP contribution < -0.4 is 22.5 Å². The molecule has 30 heavy (non-hydrogen) atoms. The summed E-state index contributed by atoms with van der Waals surface area (Å²) in [5.74, 6) is -0.498. The van der Waals surface area contributed by atoms with Crippen LogP contribution >= 0.6 is 0 Å². The summed E-state index contributed by atoms with van der Waals surface area (Å²) in [7, 11) is 0. The van der Waals surface area contributed by atoms with Crippen LogP contribution in [0.15, 0.2) is 82.8 Å². The Labute approximate surface area is 172 Å². The maximum atomic E-state index is 12.5. The molecular formula is C22H20N6O2. The molecule has 0 aliphatic carbocycles. The summed E-state index contributed by atoms with van der Waals surface area (Å²) in [6, 6.07) is 20.4. The van der Waals surface area contributed by atoms with E-state index in [2.05, 4.69) is 15.3 Å². The molecule has 3 aromatic rings. The van der Waals surface area contributed by atoms with Crippen LogP contribution in [-0.2, 0) is 10.5 Å². The molecular weight excluding hydrogens is 380 g/mol. The van der Waals surface area contributed by atoms with Crippen LogP contribution in [-0.4, -0.2) is 22.7 Å². The van der Waals surface area contributed by atoms with E-state index < -0.39 is 11.6 Å². The number of anilines is 3. The van der Waals surface area contributed by atoms with Gasteiger partial charge in [0.1, 0.15) is 11.7 Å². The van der Waals surface area contributed by atoms with Crippen LogP contribution in [0.1, 0.15) is 16.7 Å². The van der Waals surface area contributed by atoms with Gasteiger partial charge < -0.3 is 27.6 Å². The second kappa shape index (κ2) is 7.25. The summed E-state index contributed by atoms with van der Waals surface area (Å²) in [6.45, 7) is 0. The van der Waals surface area contributed by atoms with E-state index in [1.807, 2.05) is 0 Å². The summed E-state index contributed by atoms with van der Waals surface area (Å²) in [5.41, 5.74) is 18.9. The van der Waals surface area contributed by atoms with Gasteiger partial charge in [0.25, 0.3) is 5.66 Å². The Balaban J connectivity index is 1.93. The number of nitrogens with zero attached hydrogens (tertiary/aromatic N) is 2. The maximum Gasteiger partial charge on any atom is 0.359 e. The number of carboxylic acids is 1. The number of aliphatic imine (C=N–C) groups is 2. The third kappa shape index (κ3) is 3.42.